The molecule has 2 rings (SSSR count). The third kappa shape index (κ3) is 2.84. The molecule has 0 bridgehead atoms. The molecular weight excluding hydrogens is 224 g/mol. The lowest BCUT2D eigenvalue weighted by Gasteiger charge is -1.97. The van der Waals surface area contributed by atoms with Crippen molar-refractivity contribution >= 4 is 11.6 Å². The summed E-state index contributed by atoms with van der Waals surface area (Å²) in [5, 5.41) is 0.769. The largest absolute Gasteiger partial charge is 0.345 e. The van der Waals surface area contributed by atoms with Crippen molar-refractivity contribution in [3.8, 4) is 0 Å². The molecule has 0 radical (unpaired) electrons. The van der Waals surface area contributed by atoms with Gasteiger partial charge in [0.1, 0.15) is 18.9 Å². The molecule has 0 aliphatic rings. The summed E-state index contributed by atoms with van der Waals surface area (Å²) in [5.41, 5.74) is 1.23. The van der Waals surface area contributed by atoms with Crippen LogP contribution in [0, 0.1) is 0 Å². The van der Waals surface area contributed by atoms with Crippen LogP contribution in [0.15, 0.2) is 43.0 Å². The molecule has 1 aromatic heterocycles. The second-order valence-corrected chi connectivity index (χ2v) is 4.08. The van der Waals surface area contributed by atoms with Crippen LogP contribution in [0.2, 0.25) is 5.02 Å². The molecule has 0 aliphatic carbocycles. The minimum atomic E-state index is 0.577. The molecule has 1 aromatic carbocycles. The summed E-state index contributed by atoms with van der Waals surface area (Å²) >= 11 is 5.83. The SMILES string of the molecule is COCn1cc[n+](Cc2ccc(Cl)cc2)c1. The maximum Gasteiger partial charge on any atom is 0.245 e. The highest BCUT2D eigenvalue weighted by Crippen LogP contribution is 2.08. The first-order valence-corrected chi connectivity index (χ1v) is 5.44. The first kappa shape index (κ1) is 11.2. The van der Waals surface area contributed by atoms with E-state index < -0.39 is 0 Å². The van der Waals surface area contributed by atoms with Gasteiger partial charge in [-0.15, -0.1) is 0 Å². The molecule has 4 heteroatoms. The van der Waals surface area contributed by atoms with Gasteiger partial charge in [0.25, 0.3) is 0 Å². The van der Waals surface area contributed by atoms with Gasteiger partial charge < -0.3 is 4.74 Å². The Balaban J connectivity index is 2.05. The summed E-state index contributed by atoms with van der Waals surface area (Å²) in [7, 11) is 1.68. The maximum absolute atomic E-state index is 5.83. The van der Waals surface area contributed by atoms with Crippen LogP contribution < -0.4 is 4.57 Å². The second kappa shape index (κ2) is 5.14. The Hall–Kier alpha value is -1.32. The Morgan fingerprint density at radius 2 is 2.06 bits per heavy atom. The monoisotopic (exact) mass is 237 g/mol. The van der Waals surface area contributed by atoms with Crippen molar-refractivity contribution in [1.82, 2.24) is 4.57 Å². The van der Waals surface area contributed by atoms with Crippen LogP contribution in [-0.4, -0.2) is 11.7 Å². The van der Waals surface area contributed by atoms with E-state index in [0.717, 1.165) is 11.6 Å². The average Bonchev–Trinajstić information content (AvgIpc) is 2.70. The molecule has 0 saturated carbocycles. The van der Waals surface area contributed by atoms with E-state index in [9.17, 15) is 0 Å². The van der Waals surface area contributed by atoms with Crippen molar-refractivity contribution in [1.29, 1.82) is 0 Å². The number of nitrogens with zero attached hydrogens (tertiary/aromatic N) is 2. The molecule has 1 heterocycles. The van der Waals surface area contributed by atoms with Gasteiger partial charge in [0, 0.05) is 12.1 Å². The van der Waals surface area contributed by atoms with Crippen LogP contribution in [0.25, 0.3) is 0 Å². The van der Waals surface area contributed by atoms with Gasteiger partial charge >= 0.3 is 0 Å². The minimum Gasteiger partial charge on any atom is -0.345 e. The summed E-state index contributed by atoms with van der Waals surface area (Å²) in [6.45, 7) is 1.42. The topological polar surface area (TPSA) is 18.0 Å². The Morgan fingerprint density at radius 1 is 1.31 bits per heavy atom. The third-order valence-corrected chi connectivity index (χ3v) is 2.55. The summed E-state index contributed by atoms with van der Waals surface area (Å²) in [6, 6.07) is 7.87. The van der Waals surface area contributed by atoms with Crippen molar-refractivity contribution in [3.05, 3.63) is 53.6 Å². The zero-order valence-corrected chi connectivity index (χ0v) is 9.89. The number of imidazole rings is 1. The quantitative estimate of drug-likeness (QED) is 0.745. The van der Waals surface area contributed by atoms with E-state index in [1.165, 1.54) is 5.56 Å². The number of rotatable bonds is 4. The lowest BCUT2D eigenvalue weighted by Crippen LogP contribution is -2.31. The number of methoxy groups -OCH3 is 1. The Labute approximate surface area is 99.8 Å². The molecule has 0 unspecified atom stereocenters. The van der Waals surface area contributed by atoms with Crippen LogP contribution in [0.5, 0.6) is 0 Å². The standard InChI is InChI=1S/C12H14ClN2O/c1-16-10-15-7-6-14(9-15)8-11-2-4-12(13)5-3-11/h2-7,9H,8,10H2,1H3/q+1. The van der Waals surface area contributed by atoms with Crippen molar-refractivity contribution in [2.45, 2.75) is 13.3 Å². The van der Waals surface area contributed by atoms with Crippen LogP contribution in [0.3, 0.4) is 0 Å². The predicted octanol–water partition coefficient (Wildman–Crippen LogP) is 2.08. The van der Waals surface area contributed by atoms with Crippen molar-refractivity contribution < 1.29 is 9.30 Å². The van der Waals surface area contributed by atoms with Crippen molar-refractivity contribution in [2.24, 2.45) is 0 Å². The highest BCUT2D eigenvalue weighted by Gasteiger charge is 2.03. The third-order valence-electron chi connectivity index (χ3n) is 2.30. The molecule has 0 fully saturated rings. The van der Waals surface area contributed by atoms with E-state index in [2.05, 4.69) is 4.57 Å². The fraction of sp³-hybridized carbons (Fsp3) is 0.250. The molecular formula is C12H14ClN2O+. The molecule has 84 valence electrons. The van der Waals surface area contributed by atoms with Gasteiger partial charge in [0.2, 0.25) is 6.33 Å². The molecule has 3 nitrogen and oxygen atoms in total. The van der Waals surface area contributed by atoms with Crippen LogP contribution in [0.4, 0.5) is 0 Å². The molecule has 2 aromatic rings. The molecule has 0 spiro atoms. The Bertz CT molecular complexity index is 450. The Morgan fingerprint density at radius 3 is 2.75 bits per heavy atom. The fourth-order valence-corrected chi connectivity index (χ4v) is 1.68. The lowest BCUT2D eigenvalue weighted by molar-refractivity contribution is -0.688. The lowest BCUT2D eigenvalue weighted by atomic mass is 10.2. The van der Waals surface area contributed by atoms with Crippen molar-refractivity contribution in [3.63, 3.8) is 0 Å². The van der Waals surface area contributed by atoms with E-state index in [-0.39, 0.29) is 0 Å². The fourth-order valence-electron chi connectivity index (χ4n) is 1.56. The second-order valence-electron chi connectivity index (χ2n) is 3.64. The van der Waals surface area contributed by atoms with Gasteiger partial charge in [-0.25, -0.2) is 9.13 Å². The minimum absolute atomic E-state index is 0.577. The molecule has 16 heavy (non-hydrogen) atoms. The van der Waals surface area contributed by atoms with Gasteiger partial charge in [-0.3, -0.25) is 0 Å². The Kier molecular flexibility index (Phi) is 3.59. The number of halogens is 1. The zero-order chi connectivity index (χ0) is 11.4. The first-order valence-electron chi connectivity index (χ1n) is 5.06. The van der Waals surface area contributed by atoms with E-state index in [1.807, 2.05) is 47.6 Å². The maximum atomic E-state index is 5.83. The number of hydrogen-bond donors (Lipinski definition) is 0. The van der Waals surface area contributed by atoms with Gasteiger partial charge in [-0.2, -0.15) is 0 Å². The summed E-state index contributed by atoms with van der Waals surface area (Å²) in [5.74, 6) is 0. The van der Waals surface area contributed by atoms with E-state index >= 15 is 0 Å². The molecule has 0 amide bonds. The predicted molar refractivity (Wildman–Crippen MR) is 62.2 cm³/mol. The summed E-state index contributed by atoms with van der Waals surface area (Å²) in [4.78, 5) is 0. The van der Waals surface area contributed by atoms with Crippen LogP contribution >= 0.6 is 11.6 Å². The van der Waals surface area contributed by atoms with Gasteiger partial charge in [-0.1, -0.05) is 23.7 Å². The van der Waals surface area contributed by atoms with Crippen LogP contribution in [0.1, 0.15) is 5.56 Å². The number of hydrogen-bond acceptors (Lipinski definition) is 1. The van der Waals surface area contributed by atoms with Crippen LogP contribution in [-0.2, 0) is 18.0 Å². The van der Waals surface area contributed by atoms with E-state index in [0.29, 0.717) is 6.73 Å². The number of ether oxygens (including phenoxy) is 1. The molecule has 0 atom stereocenters. The van der Waals surface area contributed by atoms with Gasteiger partial charge in [-0.05, 0) is 17.7 Å². The zero-order valence-electron chi connectivity index (χ0n) is 9.14. The normalized spacial score (nSPS) is 10.6. The smallest absolute Gasteiger partial charge is 0.245 e. The van der Waals surface area contributed by atoms with Crippen molar-refractivity contribution in [2.75, 3.05) is 7.11 Å². The highest BCUT2D eigenvalue weighted by atomic mass is 35.5. The van der Waals surface area contributed by atoms with E-state index in [4.69, 9.17) is 16.3 Å². The summed E-state index contributed by atoms with van der Waals surface area (Å²) in [6.07, 6.45) is 6.02. The number of aromatic nitrogens is 2. The summed E-state index contributed by atoms with van der Waals surface area (Å²) < 4.78 is 9.12. The highest BCUT2D eigenvalue weighted by molar-refractivity contribution is 6.30. The molecule has 0 aliphatic heterocycles. The van der Waals surface area contributed by atoms with Gasteiger partial charge in [0.05, 0.1) is 0 Å². The van der Waals surface area contributed by atoms with E-state index in [1.54, 1.807) is 7.11 Å². The number of benzene rings is 1. The molecule has 0 saturated heterocycles. The van der Waals surface area contributed by atoms with Gasteiger partial charge in [0.15, 0.2) is 6.73 Å². The molecule has 0 N–H and O–H groups in total. The first-order chi connectivity index (χ1) is 7.78. The average molecular weight is 238 g/mol.